The first-order valence-electron chi connectivity index (χ1n) is 8.58. The average molecular weight is 339 g/mol. The third kappa shape index (κ3) is 3.11. The second-order valence-corrected chi connectivity index (χ2v) is 6.44. The second-order valence-electron chi connectivity index (χ2n) is 6.44. The number of hydrogen-bond acceptors (Lipinski definition) is 3. The van der Waals surface area contributed by atoms with Gasteiger partial charge in [0, 0.05) is 23.9 Å². The number of hydrogen-bond donors (Lipinski definition) is 2. The molecule has 1 aliphatic heterocycles. The lowest BCUT2D eigenvalue weighted by atomic mass is 10.1. The summed E-state index contributed by atoms with van der Waals surface area (Å²) in [5.41, 5.74) is 3.74. The summed E-state index contributed by atoms with van der Waals surface area (Å²) in [5.74, 6) is 0. The van der Waals surface area contributed by atoms with Gasteiger partial charge in [0.25, 0.3) is 5.69 Å². The molecule has 0 bridgehead atoms. The first-order chi connectivity index (χ1) is 12.2. The molecule has 3 N–H and O–H groups in total. The molecule has 3 aromatic rings. The maximum absolute atomic E-state index is 11.1. The van der Waals surface area contributed by atoms with Gasteiger partial charge in [0.05, 0.1) is 10.6 Å². The van der Waals surface area contributed by atoms with Gasteiger partial charge < -0.3 is 10.2 Å². The van der Waals surface area contributed by atoms with E-state index in [4.69, 9.17) is 4.98 Å². The Morgan fingerprint density at radius 1 is 1.20 bits per heavy atom. The maximum atomic E-state index is 11.1. The van der Waals surface area contributed by atoms with E-state index in [1.807, 2.05) is 30.5 Å². The largest absolute Gasteiger partial charge is 0.337 e. The lowest BCUT2D eigenvalue weighted by Gasteiger charge is -2.22. The van der Waals surface area contributed by atoms with Crippen LogP contribution in [0, 0.1) is 10.1 Å². The van der Waals surface area contributed by atoms with E-state index in [1.54, 1.807) is 12.1 Å². The van der Waals surface area contributed by atoms with E-state index < -0.39 is 0 Å². The topological polar surface area (TPSA) is 81.5 Å². The fraction of sp³-hybridized carbons (Fsp3) is 0.278. The first kappa shape index (κ1) is 15.7. The number of nitrogens with two attached hydrogens (primary N) is 1. The third-order valence-electron chi connectivity index (χ3n) is 4.78. The van der Waals surface area contributed by atoms with Crippen LogP contribution < -0.4 is 10.2 Å². The maximum Gasteiger partial charge on any atom is 0.270 e. The lowest BCUT2D eigenvalue weighted by molar-refractivity contribution is -0.958. The molecule has 0 spiro atoms. The predicted molar refractivity (Wildman–Crippen MR) is 93.3 cm³/mol. The number of aromatic nitrogens is 2. The number of pyridine rings is 1. The molecule has 7 heteroatoms. The lowest BCUT2D eigenvalue weighted by Crippen LogP contribution is -3.19. The third-order valence-corrected chi connectivity index (χ3v) is 4.78. The smallest absolute Gasteiger partial charge is 0.270 e. The van der Waals surface area contributed by atoms with Crippen LogP contribution in [0.3, 0.4) is 0 Å². The fourth-order valence-corrected chi connectivity index (χ4v) is 3.51. The minimum Gasteiger partial charge on any atom is -0.337 e. The van der Waals surface area contributed by atoms with Gasteiger partial charge in [-0.05, 0) is 12.1 Å². The molecule has 25 heavy (non-hydrogen) atoms. The molecule has 4 rings (SSSR count). The highest BCUT2D eigenvalue weighted by molar-refractivity contribution is 5.68. The van der Waals surface area contributed by atoms with Gasteiger partial charge in [-0.1, -0.05) is 18.2 Å². The van der Waals surface area contributed by atoms with Crippen molar-refractivity contribution in [3.05, 3.63) is 64.5 Å². The van der Waals surface area contributed by atoms with Crippen molar-refractivity contribution in [2.24, 2.45) is 0 Å². The van der Waals surface area contributed by atoms with Crippen LogP contribution in [0.4, 0.5) is 5.69 Å². The van der Waals surface area contributed by atoms with Gasteiger partial charge in [0.15, 0.2) is 0 Å². The normalized spacial score (nSPS) is 15.5. The minimum absolute atomic E-state index is 0.0976. The van der Waals surface area contributed by atoms with Crippen molar-refractivity contribution in [3.63, 3.8) is 0 Å². The Morgan fingerprint density at radius 2 is 2.04 bits per heavy atom. The molecule has 0 radical (unpaired) electrons. The summed E-state index contributed by atoms with van der Waals surface area (Å²) in [6.07, 6.45) is 2.02. The highest BCUT2D eigenvalue weighted by Gasteiger charge is 2.22. The molecule has 0 aliphatic carbocycles. The van der Waals surface area contributed by atoms with Gasteiger partial charge in [-0.15, -0.1) is 0 Å². The van der Waals surface area contributed by atoms with E-state index in [0.29, 0.717) is 0 Å². The predicted octanol–water partition coefficient (Wildman–Crippen LogP) is -0.129. The standard InChI is InChI=1S/C18H19N5O2/c24-23(25)15-5-3-4-14(12-15)18-16(13-21-10-7-19-8-11-21)22-9-2-1-6-17(22)20-18/h1-6,9,12,19H,7-8,10-11,13H2/p+2. The minimum atomic E-state index is -0.356. The van der Waals surface area contributed by atoms with Crippen molar-refractivity contribution < 1.29 is 15.1 Å². The van der Waals surface area contributed by atoms with Crippen LogP contribution in [0.5, 0.6) is 0 Å². The van der Waals surface area contributed by atoms with Gasteiger partial charge in [0.1, 0.15) is 44.1 Å². The number of nitrogens with zero attached hydrogens (tertiary/aromatic N) is 3. The number of nitro benzene ring substituents is 1. The molecule has 3 heterocycles. The second kappa shape index (κ2) is 6.62. The van der Waals surface area contributed by atoms with E-state index >= 15 is 0 Å². The van der Waals surface area contributed by atoms with Crippen LogP contribution in [-0.2, 0) is 6.54 Å². The quantitative estimate of drug-likeness (QED) is 0.513. The van der Waals surface area contributed by atoms with Crippen LogP contribution in [0.15, 0.2) is 48.7 Å². The Labute approximate surface area is 145 Å². The zero-order chi connectivity index (χ0) is 17.2. The number of piperazine rings is 1. The Kier molecular flexibility index (Phi) is 4.17. The summed E-state index contributed by atoms with van der Waals surface area (Å²) in [6, 6.07) is 12.7. The fourth-order valence-electron chi connectivity index (χ4n) is 3.51. The zero-order valence-corrected chi connectivity index (χ0v) is 13.9. The Hall–Kier alpha value is -2.77. The van der Waals surface area contributed by atoms with Crippen molar-refractivity contribution in [2.45, 2.75) is 6.54 Å². The van der Waals surface area contributed by atoms with Crippen molar-refractivity contribution in [3.8, 4) is 11.3 Å². The van der Waals surface area contributed by atoms with Gasteiger partial charge in [-0.25, -0.2) is 4.98 Å². The molecule has 0 saturated carbocycles. The van der Waals surface area contributed by atoms with Gasteiger partial charge in [-0.3, -0.25) is 14.5 Å². The molecule has 0 unspecified atom stereocenters. The molecule has 1 aliphatic rings. The van der Waals surface area contributed by atoms with Crippen LogP contribution in [0.1, 0.15) is 5.69 Å². The van der Waals surface area contributed by atoms with Crippen molar-refractivity contribution in [1.29, 1.82) is 0 Å². The van der Waals surface area contributed by atoms with Crippen molar-refractivity contribution in [2.75, 3.05) is 26.2 Å². The van der Waals surface area contributed by atoms with Gasteiger partial charge in [0.2, 0.25) is 0 Å². The highest BCUT2D eigenvalue weighted by atomic mass is 16.6. The van der Waals surface area contributed by atoms with Crippen LogP contribution in [0.25, 0.3) is 16.9 Å². The molecule has 2 aromatic heterocycles. The number of nitrogens with one attached hydrogen (secondary N) is 1. The molecule has 1 saturated heterocycles. The summed E-state index contributed by atoms with van der Waals surface area (Å²) in [4.78, 5) is 17.1. The number of quaternary nitrogens is 2. The molecule has 128 valence electrons. The Morgan fingerprint density at radius 3 is 2.84 bits per heavy atom. The van der Waals surface area contributed by atoms with Gasteiger partial charge in [-0.2, -0.15) is 0 Å². The van der Waals surface area contributed by atoms with Crippen molar-refractivity contribution >= 4 is 11.3 Å². The summed E-state index contributed by atoms with van der Waals surface area (Å²) >= 11 is 0. The number of rotatable bonds is 4. The van der Waals surface area contributed by atoms with E-state index in [9.17, 15) is 10.1 Å². The summed E-state index contributed by atoms with van der Waals surface area (Å²) in [5, 5.41) is 13.5. The highest BCUT2D eigenvalue weighted by Crippen LogP contribution is 2.27. The molecule has 0 atom stereocenters. The molecule has 7 nitrogen and oxygen atoms in total. The number of imidazole rings is 1. The Bertz CT molecular complexity index is 915. The molecular weight excluding hydrogens is 318 g/mol. The van der Waals surface area contributed by atoms with Crippen LogP contribution in [-0.4, -0.2) is 40.5 Å². The number of benzene rings is 1. The Balaban J connectivity index is 1.81. The summed E-state index contributed by atoms with van der Waals surface area (Å²) in [7, 11) is 0. The summed E-state index contributed by atoms with van der Waals surface area (Å²) in [6.45, 7) is 5.39. The number of nitro groups is 1. The SMILES string of the molecule is O=[N+]([O-])c1cccc(-c2nc3ccccn3c2C[NH+]2CC[NH2+]CC2)c1. The van der Waals surface area contributed by atoms with Gasteiger partial charge >= 0.3 is 0 Å². The number of non-ortho nitro benzene ring substituents is 1. The van der Waals surface area contributed by atoms with Crippen molar-refractivity contribution in [1.82, 2.24) is 9.38 Å². The van der Waals surface area contributed by atoms with E-state index in [0.717, 1.165) is 55.3 Å². The molecular formula is C18H21N5O2+2. The van der Waals surface area contributed by atoms with E-state index in [-0.39, 0.29) is 10.6 Å². The molecule has 1 fully saturated rings. The monoisotopic (exact) mass is 339 g/mol. The summed E-state index contributed by atoms with van der Waals surface area (Å²) < 4.78 is 2.11. The van der Waals surface area contributed by atoms with Crippen LogP contribution >= 0.6 is 0 Å². The van der Waals surface area contributed by atoms with Crippen LogP contribution in [0.2, 0.25) is 0 Å². The molecule has 0 amide bonds. The average Bonchev–Trinajstić information content (AvgIpc) is 3.01. The van der Waals surface area contributed by atoms with E-state index in [2.05, 4.69) is 9.72 Å². The zero-order valence-electron chi connectivity index (χ0n) is 13.9. The first-order valence-corrected chi connectivity index (χ1v) is 8.58. The molecule has 1 aromatic carbocycles. The van der Waals surface area contributed by atoms with E-state index in [1.165, 1.54) is 11.0 Å². The number of fused-ring (bicyclic) bond motifs is 1.